The van der Waals surface area contributed by atoms with Gasteiger partial charge >= 0.3 is 5.97 Å². The lowest BCUT2D eigenvalue weighted by Gasteiger charge is -2.10. The van der Waals surface area contributed by atoms with Gasteiger partial charge in [0, 0.05) is 30.6 Å². The first kappa shape index (κ1) is 26.5. The van der Waals surface area contributed by atoms with E-state index >= 15 is 0 Å². The highest BCUT2D eigenvalue weighted by Gasteiger charge is 2.26. The number of carbonyl (C=O) groups is 1. The highest BCUT2D eigenvalue weighted by atomic mass is 32.1. The lowest BCUT2D eigenvalue weighted by atomic mass is 9.98. The van der Waals surface area contributed by atoms with Crippen molar-refractivity contribution in [3.05, 3.63) is 121 Å². The molecule has 3 heterocycles. The number of rotatable bonds is 6. The third kappa shape index (κ3) is 4.40. The largest absolute Gasteiger partial charge is 0.462 e. The standard InChI is InChI=1S/C37H24N2O3S2/c1-2-41-37(40)29-21-28(32-18-17-30(43-32)26-15-7-11-22-9-3-5-13-24(22)26)35-36(39-42-38-35)34(29)33-20-19-31(44-33)27-16-8-12-23-10-4-6-14-25(23)27/h3-21H,2H2,1H3. The molecule has 8 rings (SSSR count). The predicted octanol–water partition coefficient (Wildman–Crippen LogP) is 10.5. The van der Waals surface area contributed by atoms with Gasteiger partial charge in [-0.25, -0.2) is 9.42 Å². The SMILES string of the molecule is CCOC(=O)c1cc(-c2ccc(-c3cccc4ccccc34)s2)c2nonc2c1-c1ccc(-c2cccc3ccccc23)s1. The molecule has 0 aliphatic heterocycles. The molecule has 0 radical (unpaired) electrons. The normalized spacial score (nSPS) is 11.5. The van der Waals surface area contributed by atoms with E-state index < -0.39 is 5.97 Å². The summed E-state index contributed by atoms with van der Waals surface area (Å²) < 4.78 is 10.9. The summed E-state index contributed by atoms with van der Waals surface area (Å²) in [6, 6.07) is 39.6. The number of hydrogen-bond donors (Lipinski definition) is 0. The summed E-state index contributed by atoms with van der Waals surface area (Å²) in [5.74, 6) is -0.403. The Kier molecular flexibility index (Phi) is 6.55. The molecule has 212 valence electrons. The molecule has 8 aromatic rings. The highest BCUT2D eigenvalue weighted by Crippen LogP contribution is 2.45. The summed E-state index contributed by atoms with van der Waals surface area (Å²) in [6.45, 7) is 2.08. The van der Waals surface area contributed by atoms with Gasteiger partial charge in [-0.2, -0.15) is 0 Å². The van der Waals surface area contributed by atoms with Crippen LogP contribution in [-0.2, 0) is 4.74 Å². The molecule has 0 amide bonds. The summed E-state index contributed by atoms with van der Waals surface area (Å²) in [5.41, 5.74) is 5.35. The van der Waals surface area contributed by atoms with Crippen LogP contribution < -0.4 is 0 Å². The van der Waals surface area contributed by atoms with Crippen LogP contribution in [0, 0.1) is 0 Å². The van der Waals surface area contributed by atoms with Crippen molar-refractivity contribution < 1.29 is 14.2 Å². The quantitative estimate of drug-likeness (QED) is 0.176. The second kappa shape index (κ2) is 10.9. The minimum atomic E-state index is -0.403. The van der Waals surface area contributed by atoms with E-state index in [0.29, 0.717) is 22.2 Å². The smallest absolute Gasteiger partial charge is 0.338 e. The van der Waals surface area contributed by atoms with Gasteiger partial charge in [-0.15, -0.1) is 22.7 Å². The molecule has 0 aliphatic carbocycles. The molecule has 0 bridgehead atoms. The van der Waals surface area contributed by atoms with Crippen molar-refractivity contribution in [1.29, 1.82) is 0 Å². The van der Waals surface area contributed by atoms with Crippen LogP contribution >= 0.6 is 22.7 Å². The van der Waals surface area contributed by atoms with E-state index in [0.717, 1.165) is 36.2 Å². The molecule has 0 N–H and O–H groups in total. The van der Waals surface area contributed by atoms with Crippen LogP contribution in [0.1, 0.15) is 17.3 Å². The Hall–Kier alpha value is -5.11. The Labute approximate surface area is 260 Å². The number of benzene rings is 5. The number of thiophene rings is 2. The van der Waals surface area contributed by atoms with E-state index in [1.165, 1.54) is 21.5 Å². The third-order valence-corrected chi connectivity index (χ3v) is 10.2. The first-order chi connectivity index (χ1) is 21.7. The molecule has 44 heavy (non-hydrogen) atoms. The number of carbonyl (C=O) groups excluding carboxylic acids is 1. The van der Waals surface area contributed by atoms with Crippen LogP contribution in [0.25, 0.3) is 74.3 Å². The van der Waals surface area contributed by atoms with Crippen LogP contribution in [0.5, 0.6) is 0 Å². The van der Waals surface area contributed by atoms with Crippen molar-refractivity contribution in [3.63, 3.8) is 0 Å². The number of hydrogen-bond acceptors (Lipinski definition) is 7. The van der Waals surface area contributed by atoms with Crippen LogP contribution in [-0.4, -0.2) is 22.9 Å². The van der Waals surface area contributed by atoms with E-state index in [2.05, 4.69) is 107 Å². The Balaban J connectivity index is 1.28. The Bertz CT molecular complexity index is 2340. The van der Waals surface area contributed by atoms with E-state index in [-0.39, 0.29) is 6.61 Å². The minimum Gasteiger partial charge on any atom is -0.462 e. The van der Waals surface area contributed by atoms with Crippen LogP contribution in [0.2, 0.25) is 0 Å². The maximum atomic E-state index is 13.5. The van der Waals surface area contributed by atoms with Crippen LogP contribution in [0.3, 0.4) is 0 Å². The molecular weight excluding hydrogens is 585 g/mol. The first-order valence-electron chi connectivity index (χ1n) is 14.3. The second-order valence-corrected chi connectivity index (χ2v) is 12.6. The Morgan fingerprint density at radius 3 is 1.80 bits per heavy atom. The van der Waals surface area contributed by atoms with E-state index in [1.54, 1.807) is 22.7 Å². The zero-order valence-electron chi connectivity index (χ0n) is 23.6. The molecule has 0 saturated carbocycles. The zero-order chi connectivity index (χ0) is 29.6. The van der Waals surface area contributed by atoms with Crippen LogP contribution in [0.4, 0.5) is 0 Å². The van der Waals surface area contributed by atoms with Crippen molar-refractivity contribution in [2.45, 2.75) is 6.92 Å². The molecule has 0 spiro atoms. The Morgan fingerprint density at radius 1 is 0.636 bits per heavy atom. The number of esters is 1. The van der Waals surface area contributed by atoms with Gasteiger partial charge in [0.05, 0.1) is 12.2 Å². The molecule has 0 fully saturated rings. The monoisotopic (exact) mass is 608 g/mol. The lowest BCUT2D eigenvalue weighted by molar-refractivity contribution is 0.0527. The molecule has 7 heteroatoms. The summed E-state index contributed by atoms with van der Waals surface area (Å²) in [7, 11) is 0. The van der Waals surface area contributed by atoms with Crippen molar-refractivity contribution in [2.75, 3.05) is 6.61 Å². The average molecular weight is 609 g/mol. The fourth-order valence-electron chi connectivity index (χ4n) is 5.87. The third-order valence-electron chi connectivity index (χ3n) is 7.87. The van der Waals surface area contributed by atoms with E-state index in [4.69, 9.17) is 9.37 Å². The number of fused-ring (bicyclic) bond motifs is 3. The Morgan fingerprint density at radius 2 is 1.16 bits per heavy atom. The fraction of sp³-hybridized carbons (Fsp3) is 0.0541. The minimum absolute atomic E-state index is 0.263. The van der Waals surface area contributed by atoms with Gasteiger partial charge < -0.3 is 4.74 Å². The first-order valence-corrected chi connectivity index (χ1v) is 16.0. The maximum Gasteiger partial charge on any atom is 0.338 e. The average Bonchev–Trinajstić information content (AvgIpc) is 3.85. The summed E-state index contributed by atoms with van der Waals surface area (Å²) >= 11 is 3.26. The van der Waals surface area contributed by atoms with Crippen molar-refractivity contribution in [1.82, 2.24) is 10.3 Å². The van der Waals surface area contributed by atoms with Gasteiger partial charge in [-0.1, -0.05) is 84.9 Å². The van der Waals surface area contributed by atoms with Gasteiger partial charge in [0.25, 0.3) is 0 Å². The summed E-state index contributed by atoms with van der Waals surface area (Å²) in [6.07, 6.45) is 0. The lowest BCUT2D eigenvalue weighted by Crippen LogP contribution is -2.07. The van der Waals surface area contributed by atoms with Gasteiger partial charge in [0.15, 0.2) is 0 Å². The molecule has 0 saturated heterocycles. The number of aromatic nitrogens is 2. The molecule has 5 nitrogen and oxygen atoms in total. The van der Waals surface area contributed by atoms with Crippen molar-refractivity contribution in [3.8, 4) is 41.8 Å². The van der Waals surface area contributed by atoms with E-state index in [1.807, 2.05) is 25.1 Å². The molecule has 0 atom stereocenters. The molecule has 5 aromatic carbocycles. The van der Waals surface area contributed by atoms with Gasteiger partial charge in [0.1, 0.15) is 11.0 Å². The van der Waals surface area contributed by atoms with Crippen LogP contribution in [0.15, 0.2) is 120 Å². The highest BCUT2D eigenvalue weighted by molar-refractivity contribution is 7.19. The number of ether oxygens (including phenoxy) is 1. The summed E-state index contributed by atoms with van der Waals surface area (Å²) in [4.78, 5) is 17.6. The van der Waals surface area contributed by atoms with Gasteiger partial charge in [-0.3, -0.25) is 0 Å². The van der Waals surface area contributed by atoms with E-state index in [9.17, 15) is 4.79 Å². The van der Waals surface area contributed by atoms with Gasteiger partial charge in [0.2, 0.25) is 0 Å². The topological polar surface area (TPSA) is 65.2 Å². The summed E-state index contributed by atoms with van der Waals surface area (Å²) in [5, 5.41) is 13.4. The molecule has 0 aliphatic rings. The zero-order valence-corrected chi connectivity index (χ0v) is 25.2. The maximum absolute atomic E-state index is 13.5. The predicted molar refractivity (Wildman–Crippen MR) is 180 cm³/mol. The van der Waals surface area contributed by atoms with Crippen molar-refractivity contribution >= 4 is 61.2 Å². The molecule has 0 unspecified atom stereocenters. The number of nitrogens with zero attached hydrogens (tertiary/aromatic N) is 2. The molecule has 3 aromatic heterocycles. The second-order valence-electron chi connectivity index (χ2n) is 10.4. The van der Waals surface area contributed by atoms with Gasteiger partial charge in [-0.05, 0) is 80.2 Å². The fourth-order valence-corrected chi connectivity index (χ4v) is 8.04. The molecular formula is C37H24N2O3S2. The van der Waals surface area contributed by atoms with Crippen molar-refractivity contribution in [2.24, 2.45) is 0 Å².